The van der Waals surface area contributed by atoms with Crippen LogP contribution in [0.15, 0.2) is 36.5 Å². The second kappa shape index (κ2) is 7.74. The maximum absolute atomic E-state index is 13.8. The number of halogens is 3. The molecule has 0 radical (unpaired) electrons. The number of carbonyl (C=O) groups is 1. The third-order valence-electron chi connectivity index (χ3n) is 5.70. The van der Waals surface area contributed by atoms with Crippen molar-refractivity contribution in [3.05, 3.63) is 53.3 Å². The van der Waals surface area contributed by atoms with Gasteiger partial charge in [-0.15, -0.1) is 0 Å². The third-order valence-corrected chi connectivity index (χ3v) is 5.70. The molecule has 0 saturated carbocycles. The smallest absolute Gasteiger partial charge is 0.336 e. The number of benzene rings is 1. The van der Waals surface area contributed by atoms with Gasteiger partial charge in [-0.25, -0.2) is 9.50 Å². The minimum absolute atomic E-state index is 0.0640. The SMILES string of the molecule is CCC1CCCCN1C(=O)c1cnn2c(C(F)(F)F)cc(-c3ccc(C)cc3)nc12. The summed E-state index contributed by atoms with van der Waals surface area (Å²) in [5.41, 5.74) is 0.799. The second-order valence-electron chi connectivity index (χ2n) is 7.74. The predicted molar refractivity (Wildman–Crippen MR) is 107 cm³/mol. The van der Waals surface area contributed by atoms with Crippen LogP contribution in [0.5, 0.6) is 0 Å². The zero-order valence-electron chi connectivity index (χ0n) is 16.9. The van der Waals surface area contributed by atoms with Gasteiger partial charge in [0.2, 0.25) is 0 Å². The first kappa shape index (κ1) is 20.4. The molecule has 30 heavy (non-hydrogen) atoms. The molecule has 1 saturated heterocycles. The fraction of sp³-hybridized carbons (Fsp3) is 0.409. The van der Waals surface area contributed by atoms with Crippen LogP contribution in [0.2, 0.25) is 0 Å². The Bertz CT molecular complexity index is 1070. The van der Waals surface area contributed by atoms with Crippen LogP contribution in [0.4, 0.5) is 13.2 Å². The van der Waals surface area contributed by atoms with Crippen LogP contribution in [-0.2, 0) is 6.18 Å². The molecule has 5 nitrogen and oxygen atoms in total. The highest BCUT2D eigenvalue weighted by Gasteiger charge is 2.37. The Hall–Kier alpha value is -2.90. The standard InChI is InChI=1S/C22H23F3N4O/c1-3-16-6-4-5-11-28(16)21(30)17-13-26-29-19(22(23,24)25)12-18(27-20(17)29)15-9-7-14(2)8-10-15/h7-10,12-13,16H,3-6,11H2,1-2H3. The number of nitrogens with zero attached hydrogens (tertiary/aromatic N) is 4. The molecule has 3 heterocycles. The lowest BCUT2D eigenvalue weighted by atomic mass is 9.99. The van der Waals surface area contributed by atoms with Crippen molar-refractivity contribution in [1.29, 1.82) is 0 Å². The summed E-state index contributed by atoms with van der Waals surface area (Å²) in [5.74, 6) is -0.307. The van der Waals surface area contributed by atoms with E-state index in [0.717, 1.165) is 41.8 Å². The van der Waals surface area contributed by atoms with E-state index in [2.05, 4.69) is 10.1 Å². The highest BCUT2D eigenvalue weighted by Crippen LogP contribution is 2.33. The summed E-state index contributed by atoms with van der Waals surface area (Å²) in [4.78, 5) is 19.4. The summed E-state index contributed by atoms with van der Waals surface area (Å²) in [6, 6.07) is 8.15. The monoisotopic (exact) mass is 416 g/mol. The van der Waals surface area contributed by atoms with Crippen LogP contribution in [0.1, 0.15) is 54.2 Å². The van der Waals surface area contributed by atoms with Gasteiger partial charge in [-0.05, 0) is 38.7 Å². The largest absolute Gasteiger partial charge is 0.433 e. The molecule has 0 bridgehead atoms. The van der Waals surface area contributed by atoms with Gasteiger partial charge < -0.3 is 4.90 Å². The van der Waals surface area contributed by atoms with Gasteiger partial charge in [-0.3, -0.25) is 4.79 Å². The lowest BCUT2D eigenvalue weighted by Gasteiger charge is -2.35. The zero-order valence-corrected chi connectivity index (χ0v) is 16.9. The number of rotatable bonds is 3. The molecule has 1 unspecified atom stereocenters. The van der Waals surface area contributed by atoms with Crippen molar-refractivity contribution < 1.29 is 18.0 Å². The van der Waals surface area contributed by atoms with E-state index < -0.39 is 11.9 Å². The van der Waals surface area contributed by atoms with Gasteiger partial charge in [0.05, 0.1) is 11.9 Å². The van der Waals surface area contributed by atoms with E-state index in [1.54, 1.807) is 17.0 Å². The Kier molecular flexibility index (Phi) is 5.26. The topological polar surface area (TPSA) is 50.5 Å². The summed E-state index contributed by atoms with van der Waals surface area (Å²) < 4.78 is 42.1. The third kappa shape index (κ3) is 3.66. The van der Waals surface area contributed by atoms with Crippen molar-refractivity contribution in [2.45, 2.75) is 51.7 Å². The molecule has 1 aliphatic rings. The van der Waals surface area contributed by atoms with Crippen molar-refractivity contribution >= 4 is 11.6 Å². The van der Waals surface area contributed by atoms with Crippen molar-refractivity contribution in [3.63, 3.8) is 0 Å². The number of amides is 1. The van der Waals surface area contributed by atoms with Crippen LogP contribution >= 0.6 is 0 Å². The van der Waals surface area contributed by atoms with Gasteiger partial charge in [0.1, 0.15) is 5.56 Å². The lowest BCUT2D eigenvalue weighted by molar-refractivity contribution is -0.142. The van der Waals surface area contributed by atoms with Gasteiger partial charge in [0, 0.05) is 18.2 Å². The fourth-order valence-corrected chi connectivity index (χ4v) is 4.03. The predicted octanol–water partition coefficient (Wildman–Crippen LogP) is 5.13. The highest BCUT2D eigenvalue weighted by atomic mass is 19.4. The molecule has 1 atom stereocenters. The summed E-state index contributed by atoms with van der Waals surface area (Å²) in [5, 5.41) is 3.89. The van der Waals surface area contributed by atoms with Gasteiger partial charge >= 0.3 is 6.18 Å². The first-order valence-electron chi connectivity index (χ1n) is 10.1. The normalized spacial score (nSPS) is 17.5. The van der Waals surface area contributed by atoms with E-state index in [9.17, 15) is 18.0 Å². The minimum atomic E-state index is -4.63. The molecule has 4 rings (SSSR count). The molecule has 3 aromatic rings. The molecule has 0 aliphatic carbocycles. The maximum atomic E-state index is 13.8. The van der Waals surface area contributed by atoms with E-state index in [-0.39, 0.29) is 28.9 Å². The second-order valence-corrected chi connectivity index (χ2v) is 7.74. The fourth-order valence-electron chi connectivity index (χ4n) is 4.03. The molecule has 1 aromatic carbocycles. The van der Waals surface area contributed by atoms with Gasteiger partial charge in [0.15, 0.2) is 11.3 Å². The average molecular weight is 416 g/mol. The number of hydrogen-bond donors (Lipinski definition) is 0. The summed E-state index contributed by atoms with van der Waals surface area (Å²) >= 11 is 0. The first-order chi connectivity index (χ1) is 14.3. The number of fused-ring (bicyclic) bond motifs is 1. The van der Waals surface area contributed by atoms with Crippen LogP contribution in [0.3, 0.4) is 0 Å². The maximum Gasteiger partial charge on any atom is 0.433 e. The van der Waals surface area contributed by atoms with Crippen molar-refractivity contribution in [2.24, 2.45) is 0 Å². The molecule has 0 spiro atoms. The Balaban J connectivity index is 1.86. The van der Waals surface area contributed by atoms with Crippen molar-refractivity contribution in [3.8, 4) is 11.3 Å². The molecule has 0 N–H and O–H groups in total. The van der Waals surface area contributed by atoms with Crippen LogP contribution < -0.4 is 0 Å². The lowest BCUT2D eigenvalue weighted by Crippen LogP contribution is -2.43. The van der Waals surface area contributed by atoms with Crippen molar-refractivity contribution in [2.75, 3.05) is 6.54 Å². The van der Waals surface area contributed by atoms with Crippen LogP contribution in [0.25, 0.3) is 16.9 Å². The van der Waals surface area contributed by atoms with Gasteiger partial charge in [0.25, 0.3) is 5.91 Å². The number of likely N-dealkylation sites (tertiary alicyclic amines) is 1. The Morgan fingerprint density at radius 1 is 1.20 bits per heavy atom. The minimum Gasteiger partial charge on any atom is -0.336 e. The number of aryl methyl sites for hydroxylation is 1. The molecular formula is C22H23F3N4O. The van der Waals surface area contributed by atoms with E-state index in [0.29, 0.717) is 12.1 Å². The van der Waals surface area contributed by atoms with E-state index in [4.69, 9.17) is 0 Å². The first-order valence-corrected chi connectivity index (χ1v) is 10.1. The zero-order chi connectivity index (χ0) is 21.5. The van der Waals surface area contributed by atoms with E-state index in [1.165, 1.54) is 6.20 Å². The molecule has 8 heteroatoms. The van der Waals surface area contributed by atoms with E-state index in [1.807, 2.05) is 26.0 Å². The van der Waals surface area contributed by atoms with Gasteiger partial charge in [-0.2, -0.15) is 18.3 Å². The molecule has 158 valence electrons. The van der Waals surface area contributed by atoms with Crippen LogP contribution in [-0.4, -0.2) is 38.0 Å². The molecule has 1 amide bonds. The Morgan fingerprint density at radius 2 is 1.93 bits per heavy atom. The number of hydrogen-bond acceptors (Lipinski definition) is 3. The van der Waals surface area contributed by atoms with Gasteiger partial charge in [-0.1, -0.05) is 36.8 Å². The molecule has 2 aromatic heterocycles. The number of piperidine rings is 1. The number of aromatic nitrogens is 3. The molecular weight excluding hydrogens is 393 g/mol. The molecule has 1 fully saturated rings. The Labute approximate surface area is 172 Å². The quantitative estimate of drug-likeness (QED) is 0.595. The summed E-state index contributed by atoms with van der Waals surface area (Å²) in [7, 11) is 0. The molecule has 1 aliphatic heterocycles. The highest BCUT2D eigenvalue weighted by molar-refractivity contribution is 6.00. The number of carbonyl (C=O) groups excluding carboxylic acids is 1. The van der Waals surface area contributed by atoms with Crippen LogP contribution in [0, 0.1) is 6.92 Å². The number of alkyl halides is 3. The Morgan fingerprint density at radius 3 is 2.60 bits per heavy atom. The average Bonchev–Trinajstić information content (AvgIpc) is 3.16. The summed E-state index contributed by atoms with van der Waals surface area (Å²) in [6.07, 6.45) is 0.213. The van der Waals surface area contributed by atoms with E-state index >= 15 is 0 Å². The summed E-state index contributed by atoms with van der Waals surface area (Å²) in [6.45, 7) is 4.51. The van der Waals surface area contributed by atoms with Crippen molar-refractivity contribution in [1.82, 2.24) is 19.5 Å².